The molecule has 0 saturated carbocycles. The molecule has 123 valence electrons. The standard InChI is InChI=1S/C20H28NO.Y/c1-5-6-7-8-9-18-19(22)14-15-21(18)17-12-10-16(11-13-17)20(2,3)4;/h7-8,10-13,18H,1,5-6,9,14-15H2,2-4H3;/q-1;/b8-7-;. The molecule has 0 bridgehead atoms. The number of rotatable bonds is 5. The molecule has 1 aliphatic rings. The second-order valence-corrected chi connectivity index (χ2v) is 7.07. The van der Waals surface area contributed by atoms with Gasteiger partial charge in [0.2, 0.25) is 0 Å². The third-order valence-electron chi connectivity index (χ3n) is 4.31. The number of carbonyl (C=O) groups excluding carboxylic acids is 1. The molecule has 0 spiro atoms. The van der Waals surface area contributed by atoms with Crippen molar-refractivity contribution in [2.75, 3.05) is 11.4 Å². The van der Waals surface area contributed by atoms with Crippen molar-refractivity contribution in [2.24, 2.45) is 0 Å². The number of carbonyl (C=O) groups is 1. The van der Waals surface area contributed by atoms with Gasteiger partial charge in [-0.05, 0) is 29.5 Å². The quantitative estimate of drug-likeness (QED) is 0.540. The summed E-state index contributed by atoms with van der Waals surface area (Å²) < 4.78 is 0. The molecule has 0 aliphatic carbocycles. The van der Waals surface area contributed by atoms with E-state index in [4.69, 9.17) is 0 Å². The molecule has 3 heteroatoms. The molecular formula is C20H28NOY-. The summed E-state index contributed by atoms with van der Waals surface area (Å²) in [6.45, 7) is 11.3. The van der Waals surface area contributed by atoms with Gasteiger partial charge in [0.05, 0.1) is 6.04 Å². The molecule has 1 aromatic rings. The Bertz CT molecular complexity index is 528. The predicted octanol–water partition coefficient (Wildman–Crippen LogP) is 4.69. The Morgan fingerprint density at radius 1 is 1.22 bits per heavy atom. The molecule has 1 radical (unpaired) electrons. The SMILES string of the molecule is [CH2-]CC/C=C\CC1C(=O)CCN1c1ccc(C(C)(C)C)cc1.[Y]. The van der Waals surface area contributed by atoms with Gasteiger partial charge < -0.3 is 11.8 Å². The minimum Gasteiger partial charge on any atom is -0.361 e. The van der Waals surface area contributed by atoms with Gasteiger partial charge in [-0.2, -0.15) is 6.42 Å². The molecule has 23 heavy (non-hydrogen) atoms. The number of benzene rings is 1. The summed E-state index contributed by atoms with van der Waals surface area (Å²) in [4.78, 5) is 14.4. The fourth-order valence-electron chi connectivity index (χ4n) is 2.91. The van der Waals surface area contributed by atoms with Crippen LogP contribution in [0.15, 0.2) is 36.4 Å². The van der Waals surface area contributed by atoms with Crippen molar-refractivity contribution in [2.45, 2.75) is 57.9 Å². The average molecular weight is 387 g/mol. The molecule has 1 atom stereocenters. The number of hydrogen-bond acceptors (Lipinski definition) is 2. The maximum atomic E-state index is 12.2. The zero-order valence-electron chi connectivity index (χ0n) is 14.7. The minimum atomic E-state index is 0. The second-order valence-electron chi connectivity index (χ2n) is 7.07. The van der Waals surface area contributed by atoms with E-state index in [9.17, 15) is 4.79 Å². The van der Waals surface area contributed by atoms with Crippen LogP contribution in [0.2, 0.25) is 0 Å². The van der Waals surface area contributed by atoms with Crippen LogP contribution in [0.4, 0.5) is 5.69 Å². The first kappa shape index (κ1) is 20.6. The van der Waals surface area contributed by atoms with Gasteiger partial charge >= 0.3 is 0 Å². The number of ketones is 1. The molecule has 0 N–H and O–H groups in total. The van der Waals surface area contributed by atoms with Crippen LogP contribution in [0.5, 0.6) is 0 Å². The van der Waals surface area contributed by atoms with Crippen LogP contribution in [-0.2, 0) is 42.9 Å². The smallest absolute Gasteiger partial charge is 0.157 e. The predicted molar refractivity (Wildman–Crippen MR) is 94.2 cm³/mol. The van der Waals surface area contributed by atoms with Crippen molar-refractivity contribution in [1.29, 1.82) is 0 Å². The van der Waals surface area contributed by atoms with E-state index in [-0.39, 0.29) is 44.2 Å². The second kappa shape index (κ2) is 9.13. The zero-order chi connectivity index (χ0) is 16.2. The van der Waals surface area contributed by atoms with Crippen LogP contribution < -0.4 is 4.90 Å². The first-order valence-electron chi connectivity index (χ1n) is 8.27. The normalized spacial score (nSPS) is 18.5. The number of hydrogen-bond donors (Lipinski definition) is 0. The van der Waals surface area contributed by atoms with Gasteiger partial charge in [0.15, 0.2) is 5.78 Å². The maximum Gasteiger partial charge on any atom is 0.157 e. The van der Waals surface area contributed by atoms with Crippen molar-refractivity contribution >= 4 is 11.5 Å². The minimum absolute atomic E-state index is 0. The van der Waals surface area contributed by atoms with Crippen LogP contribution in [0.1, 0.15) is 52.0 Å². The first-order chi connectivity index (χ1) is 10.4. The van der Waals surface area contributed by atoms with E-state index in [0.717, 1.165) is 31.5 Å². The summed E-state index contributed by atoms with van der Waals surface area (Å²) in [6, 6.07) is 8.70. The van der Waals surface area contributed by atoms with E-state index >= 15 is 0 Å². The molecule has 1 fully saturated rings. The Morgan fingerprint density at radius 2 is 1.87 bits per heavy atom. The monoisotopic (exact) mass is 387 g/mol. The molecule has 0 aromatic heterocycles. The van der Waals surface area contributed by atoms with Crippen LogP contribution in [0.3, 0.4) is 0 Å². The number of anilines is 1. The van der Waals surface area contributed by atoms with Crippen molar-refractivity contribution < 1.29 is 37.5 Å². The Labute approximate surface area is 166 Å². The molecule has 1 aromatic carbocycles. The van der Waals surface area contributed by atoms with E-state index in [0.29, 0.717) is 12.2 Å². The van der Waals surface area contributed by atoms with E-state index in [1.807, 2.05) is 0 Å². The van der Waals surface area contributed by atoms with Crippen LogP contribution in [-0.4, -0.2) is 18.4 Å². The van der Waals surface area contributed by atoms with Gasteiger partial charge in [0, 0.05) is 51.4 Å². The van der Waals surface area contributed by atoms with E-state index < -0.39 is 0 Å². The van der Waals surface area contributed by atoms with Gasteiger partial charge in [-0.15, -0.1) is 0 Å². The van der Waals surface area contributed by atoms with Gasteiger partial charge in [-0.3, -0.25) is 4.79 Å². The zero-order valence-corrected chi connectivity index (χ0v) is 17.6. The summed E-state index contributed by atoms with van der Waals surface area (Å²) in [6.07, 6.45) is 7.64. The summed E-state index contributed by atoms with van der Waals surface area (Å²) >= 11 is 0. The summed E-state index contributed by atoms with van der Waals surface area (Å²) in [7, 11) is 0. The fourth-order valence-corrected chi connectivity index (χ4v) is 2.91. The summed E-state index contributed by atoms with van der Waals surface area (Å²) in [5.74, 6) is 0.360. The van der Waals surface area contributed by atoms with E-state index in [1.165, 1.54) is 5.56 Å². The third-order valence-corrected chi connectivity index (χ3v) is 4.31. The molecule has 2 rings (SSSR count). The fraction of sp³-hybridized carbons (Fsp3) is 0.500. The molecule has 1 heterocycles. The molecule has 1 aliphatic heterocycles. The van der Waals surface area contributed by atoms with Crippen molar-refractivity contribution in [3.63, 3.8) is 0 Å². The number of Topliss-reactive ketones (excluding diaryl/α,β-unsaturated/α-hetero) is 1. The molecular weight excluding hydrogens is 359 g/mol. The molecule has 1 saturated heterocycles. The van der Waals surface area contributed by atoms with Crippen molar-refractivity contribution in [3.8, 4) is 0 Å². The first-order valence-corrected chi connectivity index (χ1v) is 8.27. The Balaban J connectivity index is 0.00000264. The van der Waals surface area contributed by atoms with Crippen molar-refractivity contribution in [1.82, 2.24) is 0 Å². The number of allylic oxidation sites excluding steroid dienone is 1. The Hall–Kier alpha value is -0.466. The van der Waals surface area contributed by atoms with Crippen molar-refractivity contribution in [3.05, 3.63) is 48.9 Å². The maximum absolute atomic E-state index is 12.2. The number of nitrogens with zero attached hydrogens (tertiary/aromatic N) is 1. The van der Waals surface area contributed by atoms with E-state index in [1.54, 1.807) is 0 Å². The molecule has 1 unspecified atom stereocenters. The summed E-state index contributed by atoms with van der Waals surface area (Å²) in [5, 5.41) is 0. The van der Waals surface area contributed by atoms with Gasteiger partial charge in [-0.1, -0.05) is 51.5 Å². The van der Waals surface area contributed by atoms with Gasteiger partial charge in [0.25, 0.3) is 0 Å². The van der Waals surface area contributed by atoms with Crippen LogP contribution in [0.25, 0.3) is 0 Å². The Morgan fingerprint density at radius 3 is 2.43 bits per heavy atom. The molecule has 0 amide bonds. The van der Waals surface area contributed by atoms with Crippen LogP contribution >= 0.6 is 0 Å². The van der Waals surface area contributed by atoms with Gasteiger partial charge in [-0.25, -0.2) is 0 Å². The number of unbranched alkanes of at least 4 members (excludes halogenated alkanes) is 1. The third kappa shape index (κ3) is 5.53. The molecule has 2 nitrogen and oxygen atoms in total. The van der Waals surface area contributed by atoms with E-state index in [2.05, 4.69) is 69.0 Å². The average Bonchev–Trinajstić information content (AvgIpc) is 2.84. The van der Waals surface area contributed by atoms with Crippen LogP contribution in [0, 0.1) is 6.92 Å². The Kier molecular flexibility index (Phi) is 8.17. The summed E-state index contributed by atoms with van der Waals surface area (Å²) in [5.41, 5.74) is 2.65. The largest absolute Gasteiger partial charge is 0.361 e. The topological polar surface area (TPSA) is 20.3 Å². The van der Waals surface area contributed by atoms with Gasteiger partial charge in [0.1, 0.15) is 0 Å².